The van der Waals surface area contributed by atoms with E-state index in [2.05, 4.69) is 44.0 Å². The number of piperazine rings is 1. The molecule has 0 radical (unpaired) electrons. The standard InChI is InChI=1S/C26H26F2N6O2S.C4H9N/c1-3-17-14-18(4-7-22(17)37-33-12-10-32(16-35)11-13-33)31-25-26-30-15-20(34(26)9-8-29-25)19-5-6-21(36-2)24(28)23(19)27;1-2-4-5-3-1/h4-9,14-16H,3,10-13H2,1-2H3,(H,29,31);5H,1-4H2. The van der Waals surface area contributed by atoms with Crippen molar-refractivity contribution in [2.75, 3.05) is 51.7 Å². The first-order chi connectivity index (χ1) is 20.5. The molecule has 0 spiro atoms. The number of benzene rings is 2. The fraction of sp³-hybridized carbons (Fsp3) is 0.367. The average molecular weight is 596 g/mol. The number of anilines is 2. The molecule has 6 rings (SSSR count). The number of halogens is 2. The number of fused-ring (bicyclic) bond motifs is 1. The van der Waals surface area contributed by atoms with Gasteiger partial charge in [0.25, 0.3) is 0 Å². The fourth-order valence-electron chi connectivity index (χ4n) is 4.92. The van der Waals surface area contributed by atoms with E-state index in [0.717, 1.165) is 44.7 Å². The third kappa shape index (κ3) is 6.66. The second kappa shape index (κ2) is 14.0. The van der Waals surface area contributed by atoms with Crippen molar-refractivity contribution in [3.63, 3.8) is 0 Å². The highest BCUT2D eigenvalue weighted by Crippen LogP contribution is 2.33. The van der Waals surface area contributed by atoms with Crippen LogP contribution in [0.1, 0.15) is 25.3 Å². The number of hydrogen-bond donors (Lipinski definition) is 2. The maximum Gasteiger partial charge on any atom is 0.209 e. The van der Waals surface area contributed by atoms with Gasteiger partial charge in [0.15, 0.2) is 23.0 Å². The molecule has 2 aliphatic heterocycles. The van der Waals surface area contributed by atoms with Crippen LogP contribution in [0.5, 0.6) is 5.75 Å². The molecule has 12 heteroatoms. The van der Waals surface area contributed by atoms with Gasteiger partial charge < -0.3 is 20.3 Å². The SMILES string of the molecule is C1CCNC1.CCc1cc(Nc2nccn3c(-c4ccc(OC)c(F)c4F)cnc23)ccc1SN1CCN(C=O)CC1. The summed E-state index contributed by atoms with van der Waals surface area (Å²) in [5.41, 5.74) is 2.98. The minimum Gasteiger partial charge on any atom is -0.494 e. The van der Waals surface area contributed by atoms with Crippen LogP contribution in [0.2, 0.25) is 0 Å². The molecule has 4 heterocycles. The second-order valence-electron chi connectivity index (χ2n) is 9.98. The van der Waals surface area contributed by atoms with Gasteiger partial charge in [-0.25, -0.2) is 18.7 Å². The van der Waals surface area contributed by atoms with Crippen molar-refractivity contribution in [2.45, 2.75) is 31.1 Å². The largest absolute Gasteiger partial charge is 0.494 e. The summed E-state index contributed by atoms with van der Waals surface area (Å²) < 4.78 is 37.9. The third-order valence-corrected chi connectivity index (χ3v) is 8.50. The van der Waals surface area contributed by atoms with Crippen LogP contribution in [0.4, 0.5) is 20.3 Å². The fourth-order valence-corrected chi connectivity index (χ4v) is 5.99. The normalized spacial score (nSPS) is 15.4. The molecule has 42 heavy (non-hydrogen) atoms. The van der Waals surface area contributed by atoms with Gasteiger partial charge in [-0.3, -0.25) is 9.20 Å². The van der Waals surface area contributed by atoms with Crippen molar-refractivity contribution in [1.82, 2.24) is 28.9 Å². The molecule has 2 fully saturated rings. The van der Waals surface area contributed by atoms with Crippen molar-refractivity contribution in [3.8, 4) is 17.0 Å². The monoisotopic (exact) mass is 595 g/mol. The molecule has 1 amide bonds. The quantitative estimate of drug-likeness (QED) is 0.214. The lowest BCUT2D eigenvalue weighted by atomic mass is 10.1. The van der Waals surface area contributed by atoms with Crippen LogP contribution >= 0.6 is 11.9 Å². The zero-order valence-corrected chi connectivity index (χ0v) is 24.6. The summed E-state index contributed by atoms with van der Waals surface area (Å²) in [5, 5.41) is 6.55. The van der Waals surface area contributed by atoms with Crippen LogP contribution in [0, 0.1) is 11.6 Å². The number of ether oxygens (including phenoxy) is 1. The maximum absolute atomic E-state index is 14.8. The molecular formula is C30H35F2N7O2S. The van der Waals surface area contributed by atoms with Crippen LogP contribution < -0.4 is 15.4 Å². The van der Waals surface area contributed by atoms with Gasteiger partial charge in [0.05, 0.1) is 19.0 Å². The zero-order valence-electron chi connectivity index (χ0n) is 23.8. The number of aromatic nitrogens is 3. The Morgan fingerprint density at radius 1 is 1.07 bits per heavy atom. The van der Waals surface area contributed by atoms with Crippen LogP contribution in [-0.2, 0) is 11.2 Å². The summed E-state index contributed by atoms with van der Waals surface area (Å²) >= 11 is 1.71. The first kappa shape index (κ1) is 29.7. The minimum atomic E-state index is -1.04. The summed E-state index contributed by atoms with van der Waals surface area (Å²) in [6.07, 6.45) is 9.27. The molecular weight excluding hydrogens is 560 g/mol. The van der Waals surface area contributed by atoms with Gasteiger partial charge in [-0.2, -0.15) is 4.39 Å². The number of hydrogen-bond acceptors (Lipinski definition) is 8. The number of methoxy groups -OCH3 is 1. The smallest absolute Gasteiger partial charge is 0.209 e. The van der Waals surface area contributed by atoms with E-state index >= 15 is 0 Å². The van der Waals surface area contributed by atoms with Crippen molar-refractivity contribution < 1.29 is 18.3 Å². The summed E-state index contributed by atoms with van der Waals surface area (Å²) in [4.78, 5) is 22.8. The van der Waals surface area contributed by atoms with Gasteiger partial charge in [-0.1, -0.05) is 6.92 Å². The highest BCUT2D eigenvalue weighted by Gasteiger charge is 2.20. The van der Waals surface area contributed by atoms with Gasteiger partial charge in [-0.15, -0.1) is 0 Å². The number of imidazole rings is 1. The Morgan fingerprint density at radius 3 is 2.52 bits per heavy atom. The van der Waals surface area contributed by atoms with Crippen molar-refractivity contribution in [2.24, 2.45) is 0 Å². The van der Waals surface area contributed by atoms with E-state index in [0.29, 0.717) is 17.2 Å². The molecule has 0 bridgehead atoms. The van der Waals surface area contributed by atoms with Crippen molar-refractivity contribution >= 4 is 35.5 Å². The molecule has 2 aromatic heterocycles. The highest BCUT2D eigenvalue weighted by molar-refractivity contribution is 7.97. The molecule has 0 saturated carbocycles. The molecule has 4 aromatic rings. The summed E-state index contributed by atoms with van der Waals surface area (Å²) in [7, 11) is 1.29. The molecule has 2 N–H and O–H groups in total. The van der Waals surface area contributed by atoms with Gasteiger partial charge >= 0.3 is 0 Å². The Hall–Kier alpha value is -3.74. The Morgan fingerprint density at radius 2 is 1.86 bits per heavy atom. The molecule has 0 aliphatic carbocycles. The number of carbonyl (C=O) groups excluding carboxylic acids is 1. The van der Waals surface area contributed by atoms with E-state index in [1.807, 2.05) is 6.07 Å². The number of aryl methyl sites for hydroxylation is 1. The van der Waals surface area contributed by atoms with E-state index < -0.39 is 11.6 Å². The Labute approximate surface area is 248 Å². The number of nitrogens with zero attached hydrogens (tertiary/aromatic N) is 5. The van der Waals surface area contributed by atoms with E-state index in [4.69, 9.17) is 4.74 Å². The molecule has 0 atom stereocenters. The van der Waals surface area contributed by atoms with Crippen molar-refractivity contribution in [3.05, 3.63) is 66.1 Å². The number of rotatable bonds is 8. The van der Waals surface area contributed by atoms with E-state index in [9.17, 15) is 13.6 Å². The Kier molecular flexibility index (Phi) is 9.88. The first-order valence-corrected chi connectivity index (χ1v) is 14.9. The highest BCUT2D eigenvalue weighted by atomic mass is 32.2. The minimum absolute atomic E-state index is 0.0755. The molecule has 0 unspecified atom stereocenters. The second-order valence-corrected chi connectivity index (χ2v) is 11.1. The van der Waals surface area contributed by atoms with Crippen LogP contribution in [0.3, 0.4) is 0 Å². The lowest BCUT2D eigenvalue weighted by Gasteiger charge is -2.31. The average Bonchev–Trinajstić information content (AvgIpc) is 3.74. The van der Waals surface area contributed by atoms with Crippen molar-refractivity contribution in [1.29, 1.82) is 0 Å². The molecule has 2 saturated heterocycles. The predicted molar refractivity (Wildman–Crippen MR) is 161 cm³/mol. The first-order valence-electron chi connectivity index (χ1n) is 14.1. The summed E-state index contributed by atoms with van der Waals surface area (Å²) in [6.45, 7) is 7.70. The number of amides is 1. The maximum atomic E-state index is 14.8. The van der Waals surface area contributed by atoms with Gasteiger partial charge in [0.2, 0.25) is 12.2 Å². The molecule has 9 nitrogen and oxygen atoms in total. The summed E-state index contributed by atoms with van der Waals surface area (Å²) in [6, 6.07) is 9.00. The number of nitrogens with one attached hydrogen (secondary N) is 2. The van der Waals surface area contributed by atoms with E-state index in [1.54, 1.807) is 33.6 Å². The lowest BCUT2D eigenvalue weighted by Crippen LogP contribution is -2.42. The lowest BCUT2D eigenvalue weighted by molar-refractivity contribution is -0.119. The Balaban J connectivity index is 0.000000639. The molecule has 2 aromatic carbocycles. The number of carbonyl (C=O) groups is 1. The third-order valence-electron chi connectivity index (χ3n) is 7.28. The zero-order chi connectivity index (χ0) is 29.5. The molecule has 222 valence electrons. The van der Waals surface area contributed by atoms with Gasteiger partial charge in [-0.05, 0) is 80.2 Å². The van der Waals surface area contributed by atoms with Crippen LogP contribution in [0.25, 0.3) is 16.9 Å². The Bertz CT molecular complexity index is 1510. The van der Waals surface area contributed by atoms with E-state index in [-0.39, 0.29) is 11.3 Å². The van der Waals surface area contributed by atoms with Gasteiger partial charge in [0.1, 0.15) is 0 Å². The topological polar surface area (TPSA) is 87.0 Å². The predicted octanol–water partition coefficient (Wildman–Crippen LogP) is 5.14. The van der Waals surface area contributed by atoms with Crippen LogP contribution in [-0.4, -0.2) is 76.4 Å². The van der Waals surface area contributed by atoms with Crippen LogP contribution in [0.15, 0.2) is 53.8 Å². The summed E-state index contributed by atoms with van der Waals surface area (Å²) in [5.74, 6) is -1.70. The molecule has 2 aliphatic rings. The van der Waals surface area contributed by atoms with Gasteiger partial charge in [0, 0.05) is 54.7 Å². The van der Waals surface area contributed by atoms with E-state index in [1.165, 1.54) is 61.8 Å².